The summed E-state index contributed by atoms with van der Waals surface area (Å²) < 4.78 is 0. The first kappa shape index (κ1) is 17.7. The topological polar surface area (TPSA) is 58.4 Å². The monoisotopic (exact) mass is 291 g/mol. The van der Waals surface area contributed by atoms with Crippen LogP contribution in [0.2, 0.25) is 0 Å². The number of carbonyl (C=O) groups is 1. The van der Waals surface area contributed by atoms with E-state index in [0.29, 0.717) is 19.0 Å². The SMILES string of the molecule is CC(N)CCC(=O)NCc1ccccc1CN(C)C(C)C. The molecule has 21 heavy (non-hydrogen) atoms. The molecule has 3 N–H and O–H groups in total. The molecule has 1 aromatic rings. The average Bonchev–Trinajstić information content (AvgIpc) is 2.44. The Kier molecular flexibility index (Phi) is 7.40. The van der Waals surface area contributed by atoms with Gasteiger partial charge in [0, 0.05) is 31.6 Å². The third-order valence-corrected chi connectivity index (χ3v) is 3.72. The van der Waals surface area contributed by atoms with E-state index in [1.54, 1.807) is 0 Å². The van der Waals surface area contributed by atoms with Crippen LogP contribution in [-0.4, -0.2) is 29.9 Å². The Morgan fingerprint density at radius 3 is 2.43 bits per heavy atom. The lowest BCUT2D eigenvalue weighted by molar-refractivity contribution is -0.121. The first-order valence-electron chi connectivity index (χ1n) is 7.69. The molecule has 0 radical (unpaired) electrons. The lowest BCUT2D eigenvalue weighted by Crippen LogP contribution is -2.28. The third-order valence-electron chi connectivity index (χ3n) is 3.72. The van der Waals surface area contributed by atoms with Crippen LogP contribution < -0.4 is 11.1 Å². The number of amides is 1. The van der Waals surface area contributed by atoms with Crippen LogP contribution in [0.5, 0.6) is 0 Å². The number of carbonyl (C=O) groups excluding carboxylic acids is 1. The molecule has 0 spiro atoms. The molecule has 1 aromatic carbocycles. The van der Waals surface area contributed by atoms with Crippen molar-refractivity contribution in [2.45, 2.75) is 58.8 Å². The zero-order valence-corrected chi connectivity index (χ0v) is 13.7. The predicted octanol–water partition coefficient (Wildman–Crippen LogP) is 2.27. The molecule has 4 heteroatoms. The second-order valence-electron chi connectivity index (χ2n) is 6.07. The molecule has 0 heterocycles. The van der Waals surface area contributed by atoms with E-state index in [4.69, 9.17) is 5.73 Å². The van der Waals surface area contributed by atoms with Gasteiger partial charge in [0.25, 0.3) is 0 Å². The zero-order chi connectivity index (χ0) is 15.8. The highest BCUT2D eigenvalue weighted by atomic mass is 16.1. The van der Waals surface area contributed by atoms with E-state index in [9.17, 15) is 4.79 Å². The van der Waals surface area contributed by atoms with Crippen molar-refractivity contribution in [3.8, 4) is 0 Å². The van der Waals surface area contributed by atoms with Crippen LogP contribution in [0.15, 0.2) is 24.3 Å². The number of nitrogens with zero attached hydrogens (tertiary/aromatic N) is 1. The summed E-state index contributed by atoms with van der Waals surface area (Å²) in [5, 5.41) is 2.98. The normalized spacial score (nSPS) is 12.7. The number of hydrogen-bond acceptors (Lipinski definition) is 3. The molecule has 1 rings (SSSR count). The summed E-state index contributed by atoms with van der Waals surface area (Å²) in [6.45, 7) is 7.75. The number of rotatable bonds is 8. The summed E-state index contributed by atoms with van der Waals surface area (Å²) in [4.78, 5) is 14.1. The quantitative estimate of drug-likeness (QED) is 0.772. The van der Waals surface area contributed by atoms with Gasteiger partial charge in [0.15, 0.2) is 0 Å². The van der Waals surface area contributed by atoms with Crippen molar-refractivity contribution in [3.63, 3.8) is 0 Å². The van der Waals surface area contributed by atoms with E-state index in [0.717, 1.165) is 13.0 Å². The van der Waals surface area contributed by atoms with Crippen LogP contribution in [0.4, 0.5) is 0 Å². The summed E-state index contributed by atoms with van der Waals surface area (Å²) >= 11 is 0. The second kappa shape index (κ2) is 8.80. The summed E-state index contributed by atoms with van der Waals surface area (Å²) in [5.74, 6) is 0.0688. The van der Waals surface area contributed by atoms with Crippen molar-refractivity contribution < 1.29 is 4.79 Å². The van der Waals surface area contributed by atoms with Gasteiger partial charge in [-0.25, -0.2) is 0 Å². The Morgan fingerprint density at radius 1 is 1.24 bits per heavy atom. The summed E-state index contributed by atoms with van der Waals surface area (Å²) in [6.07, 6.45) is 1.22. The van der Waals surface area contributed by atoms with Gasteiger partial charge >= 0.3 is 0 Å². The second-order valence-corrected chi connectivity index (χ2v) is 6.07. The lowest BCUT2D eigenvalue weighted by atomic mass is 10.1. The summed E-state index contributed by atoms with van der Waals surface area (Å²) in [6, 6.07) is 8.84. The van der Waals surface area contributed by atoms with Gasteiger partial charge in [-0.2, -0.15) is 0 Å². The predicted molar refractivity (Wildman–Crippen MR) is 87.8 cm³/mol. The lowest BCUT2D eigenvalue weighted by Gasteiger charge is -2.22. The Labute approximate surface area is 128 Å². The fourth-order valence-corrected chi connectivity index (χ4v) is 1.98. The molecule has 0 aliphatic carbocycles. The van der Waals surface area contributed by atoms with Crippen LogP contribution in [0, 0.1) is 0 Å². The van der Waals surface area contributed by atoms with Crippen LogP contribution in [-0.2, 0) is 17.9 Å². The fourth-order valence-electron chi connectivity index (χ4n) is 1.98. The standard InChI is InChI=1S/C17H29N3O/c1-13(2)20(4)12-16-8-6-5-7-15(16)11-19-17(21)10-9-14(3)18/h5-8,13-14H,9-12,18H2,1-4H3,(H,19,21). The van der Waals surface area contributed by atoms with E-state index < -0.39 is 0 Å². The smallest absolute Gasteiger partial charge is 0.220 e. The van der Waals surface area contributed by atoms with Gasteiger partial charge in [-0.05, 0) is 45.4 Å². The van der Waals surface area contributed by atoms with E-state index in [2.05, 4.69) is 43.2 Å². The highest BCUT2D eigenvalue weighted by molar-refractivity contribution is 5.75. The van der Waals surface area contributed by atoms with E-state index in [1.165, 1.54) is 11.1 Å². The van der Waals surface area contributed by atoms with Crippen LogP contribution >= 0.6 is 0 Å². The minimum Gasteiger partial charge on any atom is -0.352 e. The zero-order valence-electron chi connectivity index (χ0n) is 13.7. The first-order valence-corrected chi connectivity index (χ1v) is 7.69. The van der Waals surface area contributed by atoms with Crippen molar-refractivity contribution >= 4 is 5.91 Å². The number of nitrogens with two attached hydrogens (primary N) is 1. The van der Waals surface area contributed by atoms with Crippen LogP contribution in [0.25, 0.3) is 0 Å². The molecular weight excluding hydrogens is 262 g/mol. The molecule has 0 aromatic heterocycles. The van der Waals surface area contributed by atoms with Gasteiger partial charge in [-0.3, -0.25) is 9.69 Å². The van der Waals surface area contributed by atoms with E-state index in [1.807, 2.05) is 19.1 Å². The summed E-state index contributed by atoms with van der Waals surface area (Å²) in [5.41, 5.74) is 8.11. The average molecular weight is 291 g/mol. The molecule has 1 unspecified atom stereocenters. The minimum atomic E-state index is 0.0688. The molecular formula is C17H29N3O. The highest BCUT2D eigenvalue weighted by Gasteiger charge is 2.09. The molecule has 1 atom stereocenters. The third kappa shape index (κ3) is 6.74. The Balaban J connectivity index is 2.57. The van der Waals surface area contributed by atoms with Crippen molar-refractivity contribution in [1.29, 1.82) is 0 Å². The molecule has 0 fully saturated rings. The largest absolute Gasteiger partial charge is 0.352 e. The molecule has 4 nitrogen and oxygen atoms in total. The number of benzene rings is 1. The van der Waals surface area contributed by atoms with Gasteiger partial charge in [0.1, 0.15) is 0 Å². The Hall–Kier alpha value is -1.39. The van der Waals surface area contributed by atoms with Gasteiger partial charge in [0.05, 0.1) is 0 Å². The Bertz CT molecular complexity index is 443. The number of nitrogens with one attached hydrogen (secondary N) is 1. The first-order chi connectivity index (χ1) is 9.90. The van der Waals surface area contributed by atoms with Gasteiger partial charge < -0.3 is 11.1 Å². The van der Waals surface area contributed by atoms with Crippen molar-refractivity contribution in [2.24, 2.45) is 5.73 Å². The van der Waals surface area contributed by atoms with Crippen LogP contribution in [0.1, 0.15) is 44.7 Å². The fraction of sp³-hybridized carbons (Fsp3) is 0.588. The van der Waals surface area contributed by atoms with Gasteiger partial charge in [0.2, 0.25) is 5.91 Å². The van der Waals surface area contributed by atoms with Crippen molar-refractivity contribution in [3.05, 3.63) is 35.4 Å². The number of hydrogen-bond donors (Lipinski definition) is 2. The molecule has 0 saturated heterocycles. The maximum Gasteiger partial charge on any atom is 0.220 e. The molecule has 0 saturated carbocycles. The van der Waals surface area contributed by atoms with Gasteiger partial charge in [-0.1, -0.05) is 24.3 Å². The van der Waals surface area contributed by atoms with E-state index >= 15 is 0 Å². The molecule has 1 amide bonds. The summed E-state index contributed by atoms with van der Waals surface area (Å²) in [7, 11) is 2.11. The highest BCUT2D eigenvalue weighted by Crippen LogP contribution is 2.12. The van der Waals surface area contributed by atoms with Crippen molar-refractivity contribution in [1.82, 2.24) is 10.2 Å². The Morgan fingerprint density at radius 2 is 1.86 bits per heavy atom. The van der Waals surface area contributed by atoms with Crippen LogP contribution in [0.3, 0.4) is 0 Å². The van der Waals surface area contributed by atoms with Crippen molar-refractivity contribution in [2.75, 3.05) is 7.05 Å². The molecule has 0 aliphatic heterocycles. The maximum absolute atomic E-state index is 11.8. The molecule has 118 valence electrons. The molecule has 0 bridgehead atoms. The minimum absolute atomic E-state index is 0.0688. The maximum atomic E-state index is 11.8. The molecule has 0 aliphatic rings. The van der Waals surface area contributed by atoms with Gasteiger partial charge in [-0.15, -0.1) is 0 Å². The van der Waals surface area contributed by atoms with E-state index in [-0.39, 0.29) is 11.9 Å².